The average molecular weight is 248 g/mol. The summed E-state index contributed by atoms with van der Waals surface area (Å²) in [6, 6.07) is 11.0. The largest absolute Gasteiger partial charge is 0.316 e. The molecule has 0 unspecified atom stereocenters. The van der Waals surface area contributed by atoms with Crippen molar-refractivity contribution in [3.8, 4) is 17.3 Å². The Labute approximate surface area is 112 Å². The fourth-order valence-corrected chi connectivity index (χ4v) is 1.83. The van der Waals surface area contributed by atoms with Crippen molar-refractivity contribution in [2.45, 2.75) is 6.54 Å². The van der Waals surface area contributed by atoms with E-state index in [1.807, 2.05) is 19.2 Å². The molecule has 2 rings (SSSR count). The van der Waals surface area contributed by atoms with Crippen LogP contribution in [0, 0.1) is 17.9 Å². The molecule has 2 aromatic rings. The highest BCUT2D eigenvalue weighted by Crippen LogP contribution is 2.25. The molecule has 0 aliphatic heterocycles. The summed E-state index contributed by atoms with van der Waals surface area (Å²) in [5.74, 6) is 0. The first kappa shape index (κ1) is 12.8. The first-order valence-electron chi connectivity index (χ1n) is 5.79. The smallest absolute Gasteiger partial charge is 0.189 e. The van der Waals surface area contributed by atoms with Gasteiger partial charge >= 0.3 is 0 Å². The first-order valence-corrected chi connectivity index (χ1v) is 5.79. The summed E-state index contributed by atoms with van der Waals surface area (Å²) in [6.07, 6.45) is 1.73. The molecular weight excluding hydrogens is 236 g/mol. The van der Waals surface area contributed by atoms with Crippen LogP contribution in [0.1, 0.15) is 11.1 Å². The van der Waals surface area contributed by atoms with Gasteiger partial charge in [-0.3, -0.25) is 4.98 Å². The Balaban J connectivity index is 2.50. The molecule has 0 amide bonds. The van der Waals surface area contributed by atoms with E-state index in [0.29, 0.717) is 11.3 Å². The van der Waals surface area contributed by atoms with Crippen molar-refractivity contribution in [1.82, 2.24) is 10.3 Å². The average Bonchev–Trinajstić information content (AvgIpc) is 2.47. The van der Waals surface area contributed by atoms with E-state index in [9.17, 15) is 0 Å². The molecule has 0 atom stereocenters. The third-order valence-electron chi connectivity index (χ3n) is 2.68. The molecule has 0 spiro atoms. The van der Waals surface area contributed by atoms with E-state index < -0.39 is 0 Å². The van der Waals surface area contributed by atoms with Crippen LogP contribution < -0.4 is 5.32 Å². The fourth-order valence-electron chi connectivity index (χ4n) is 1.83. The van der Waals surface area contributed by atoms with Crippen molar-refractivity contribution < 1.29 is 0 Å². The number of hydrogen-bond acceptors (Lipinski definition) is 3. The monoisotopic (exact) mass is 248 g/mol. The minimum Gasteiger partial charge on any atom is -0.316 e. The van der Waals surface area contributed by atoms with Crippen molar-refractivity contribution in [3.63, 3.8) is 0 Å². The van der Waals surface area contributed by atoms with Crippen LogP contribution in [-0.4, -0.2) is 12.0 Å². The topological polar surface area (TPSA) is 53.1 Å². The van der Waals surface area contributed by atoms with E-state index in [2.05, 4.69) is 21.2 Å². The zero-order valence-electron chi connectivity index (χ0n) is 10.5. The van der Waals surface area contributed by atoms with Crippen LogP contribution in [0.2, 0.25) is 0 Å². The number of nitrogens with zero attached hydrogens (tertiary/aromatic N) is 3. The normalized spacial score (nSPS) is 9.63. The van der Waals surface area contributed by atoms with Crippen LogP contribution in [0.3, 0.4) is 0 Å². The predicted molar refractivity (Wildman–Crippen MR) is 73.4 cm³/mol. The lowest BCUT2D eigenvalue weighted by molar-refractivity contribution is 0.816. The molecule has 0 aliphatic rings. The van der Waals surface area contributed by atoms with Gasteiger partial charge in [-0.1, -0.05) is 0 Å². The Hall–Kier alpha value is -2.69. The summed E-state index contributed by atoms with van der Waals surface area (Å²) in [6.45, 7) is 7.82. The van der Waals surface area contributed by atoms with Crippen molar-refractivity contribution in [3.05, 3.63) is 59.1 Å². The fraction of sp³-hybridized carbons (Fsp3) is 0.133. The lowest BCUT2D eigenvalue weighted by atomic mass is 10.1. The van der Waals surface area contributed by atoms with Gasteiger partial charge in [-0.2, -0.15) is 5.26 Å². The molecule has 1 N–H and O–H groups in total. The Morgan fingerprint density at radius 2 is 2.21 bits per heavy atom. The van der Waals surface area contributed by atoms with Crippen molar-refractivity contribution in [2.75, 3.05) is 7.05 Å². The molecule has 4 heteroatoms. The van der Waals surface area contributed by atoms with Gasteiger partial charge in [-0.15, -0.1) is 0 Å². The minimum absolute atomic E-state index is 0.454. The SMILES string of the molecule is [C-]#[N+]c1cc(C#N)cc(-c2cc(CNC)ccn2)c1. The second-order valence-electron chi connectivity index (χ2n) is 4.07. The Kier molecular flexibility index (Phi) is 3.87. The van der Waals surface area contributed by atoms with Crippen LogP contribution in [0.4, 0.5) is 5.69 Å². The molecule has 1 aromatic heterocycles. The molecule has 1 heterocycles. The maximum atomic E-state index is 8.98. The van der Waals surface area contributed by atoms with Crippen LogP contribution in [0.25, 0.3) is 16.1 Å². The molecule has 92 valence electrons. The van der Waals surface area contributed by atoms with Crippen molar-refractivity contribution >= 4 is 5.69 Å². The molecule has 0 aliphatic carbocycles. The maximum absolute atomic E-state index is 8.98. The second-order valence-corrected chi connectivity index (χ2v) is 4.07. The van der Waals surface area contributed by atoms with Gasteiger partial charge in [0.2, 0.25) is 0 Å². The maximum Gasteiger partial charge on any atom is 0.189 e. The molecule has 1 aromatic carbocycles. The lowest BCUT2D eigenvalue weighted by Crippen LogP contribution is -2.05. The van der Waals surface area contributed by atoms with Gasteiger partial charge in [0.05, 0.1) is 18.3 Å². The van der Waals surface area contributed by atoms with Crippen LogP contribution in [0.15, 0.2) is 36.5 Å². The van der Waals surface area contributed by atoms with Gasteiger partial charge in [0.25, 0.3) is 0 Å². The van der Waals surface area contributed by atoms with Crippen molar-refractivity contribution in [1.29, 1.82) is 5.26 Å². The highest BCUT2D eigenvalue weighted by molar-refractivity contribution is 5.68. The molecule has 0 fully saturated rings. The number of nitrogens with one attached hydrogen (secondary N) is 1. The van der Waals surface area contributed by atoms with Gasteiger partial charge in [0, 0.05) is 18.3 Å². The van der Waals surface area contributed by atoms with Crippen LogP contribution in [0.5, 0.6) is 0 Å². The number of hydrogen-bond donors (Lipinski definition) is 1. The summed E-state index contributed by atoms with van der Waals surface area (Å²) in [5.41, 5.74) is 3.61. The molecule has 0 saturated carbocycles. The second kappa shape index (κ2) is 5.77. The number of rotatable bonds is 3. The van der Waals surface area contributed by atoms with E-state index in [0.717, 1.165) is 23.4 Å². The van der Waals surface area contributed by atoms with Gasteiger partial charge in [0.15, 0.2) is 5.69 Å². The quantitative estimate of drug-likeness (QED) is 0.850. The number of benzene rings is 1. The number of nitriles is 1. The zero-order valence-corrected chi connectivity index (χ0v) is 10.5. The van der Waals surface area contributed by atoms with E-state index in [4.69, 9.17) is 11.8 Å². The number of aromatic nitrogens is 1. The molecule has 4 nitrogen and oxygen atoms in total. The Bertz CT molecular complexity index is 645. The number of pyridine rings is 1. The third-order valence-corrected chi connectivity index (χ3v) is 2.68. The van der Waals surface area contributed by atoms with Gasteiger partial charge in [-0.05, 0) is 48.5 Å². The molecule has 0 bridgehead atoms. The zero-order chi connectivity index (χ0) is 13.7. The molecule has 0 saturated heterocycles. The molecule has 19 heavy (non-hydrogen) atoms. The molecule has 0 radical (unpaired) electrons. The van der Waals surface area contributed by atoms with Gasteiger partial charge in [-0.25, -0.2) is 4.85 Å². The highest BCUT2D eigenvalue weighted by atomic mass is 14.8. The summed E-state index contributed by atoms with van der Waals surface area (Å²) < 4.78 is 0. The standard InChI is InChI=1S/C15H12N4/c1-17-10-11-3-4-19-15(7-11)13-5-12(9-16)6-14(8-13)18-2/h3-8,17H,10H2,1H3. The highest BCUT2D eigenvalue weighted by Gasteiger charge is 2.05. The van der Waals surface area contributed by atoms with Crippen LogP contribution >= 0.6 is 0 Å². The van der Waals surface area contributed by atoms with E-state index in [1.54, 1.807) is 24.4 Å². The van der Waals surface area contributed by atoms with E-state index in [1.165, 1.54) is 0 Å². The summed E-state index contributed by atoms with van der Waals surface area (Å²) in [4.78, 5) is 7.69. The summed E-state index contributed by atoms with van der Waals surface area (Å²) in [7, 11) is 1.88. The van der Waals surface area contributed by atoms with E-state index >= 15 is 0 Å². The van der Waals surface area contributed by atoms with Crippen molar-refractivity contribution in [2.24, 2.45) is 0 Å². The summed E-state index contributed by atoms with van der Waals surface area (Å²) in [5, 5.41) is 12.1. The Morgan fingerprint density at radius 1 is 1.37 bits per heavy atom. The van der Waals surface area contributed by atoms with Gasteiger partial charge in [0.1, 0.15) is 0 Å². The first-order chi connectivity index (χ1) is 9.26. The summed E-state index contributed by atoms with van der Waals surface area (Å²) >= 11 is 0. The van der Waals surface area contributed by atoms with Gasteiger partial charge < -0.3 is 5.32 Å². The van der Waals surface area contributed by atoms with E-state index in [-0.39, 0.29) is 0 Å². The minimum atomic E-state index is 0.454. The predicted octanol–water partition coefficient (Wildman–Crippen LogP) is 2.89. The Morgan fingerprint density at radius 3 is 2.89 bits per heavy atom. The molecular formula is C15H12N4. The lowest BCUT2D eigenvalue weighted by Gasteiger charge is -2.05. The third kappa shape index (κ3) is 2.95. The van der Waals surface area contributed by atoms with Crippen LogP contribution in [-0.2, 0) is 6.54 Å².